The number of hydrogen-bond acceptors (Lipinski definition) is 2. The number of nitrogens with two attached hydrogens (primary N) is 1. The summed E-state index contributed by atoms with van der Waals surface area (Å²) in [4.78, 5) is 2.50. The van der Waals surface area contributed by atoms with Crippen molar-refractivity contribution in [3.63, 3.8) is 0 Å². The molecule has 0 bridgehead atoms. The van der Waals surface area contributed by atoms with Crippen LogP contribution in [0.1, 0.15) is 61.3 Å². The van der Waals surface area contributed by atoms with Crippen LogP contribution in [-0.2, 0) is 0 Å². The third-order valence-electron chi connectivity index (χ3n) is 2.35. The Kier molecular flexibility index (Phi) is 12.1. The molecule has 0 radical (unpaired) electrons. The summed E-state index contributed by atoms with van der Waals surface area (Å²) in [6.45, 7) is 16.5. The summed E-state index contributed by atoms with van der Waals surface area (Å²) in [6.07, 6.45) is 2.39. The van der Waals surface area contributed by atoms with Gasteiger partial charge >= 0.3 is 0 Å². The average molecular weight is 216 g/mol. The van der Waals surface area contributed by atoms with Gasteiger partial charge in [0.2, 0.25) is 0 Å². The molecule has 0 aliphatic carbocycles. The molecule has 0 amide bonds. The summed E-state index contributed by atoms with van der Waals surface area (Å²) in [5.74, 6) is 0. The SMILES string of the molecule is CC(C)N(C(C)C)C(C)C.CCCCN. The van der Waals surface area contributed by atoms with Crippen molar-refractivity contribution in [3.05, 3.63) is 0 Å². The Morgan fingerprint density at radius 2 is 1.20 bits per heavy atom. The van der Waals surface area contributed by atoms with Gasteiger partial charge in [0.25, 0.3) is 0 Å². The molecule has 0 aromatic heterocycles. The molecular weight excluding hydrogens is 184 g/mol. The molecule has 2 nitrogen and oxygen atoms in total. The van der Waals surface area contributed by atoms with Crippen LogP contribution in [0.15, 0.2) is 0 Å². The van der Waals surface area contributed by atoms with Gasteiger partial charge in [-0.05, 0) is 54.5 Å². The van der Waals surface area contributed by atoms with Gasteiger partial charge in [0.05, 0.1) is 0 Å². The Labute approximate surface area is 97.2 Å². The Hall–Kier alpha value is -0.0800. The number of unbranched alkanes of at least 4 members (excludes halogenated alkanes) is 1. The maximum atomic E-state index is 5.14. The third kappa shape index (κ3) is 10.2. The molecule has 0 heterocycles. The molecule has 0 fully saturated rings. The van der Waals surface area contributed by atoms with Crippen LogP contribution in [-0.4, -0.2) is 29.6 Å². The lowest BCUT2D eigenvalue weighted by atomic mass is 10.2. The predicted molar refractivity (Wildman–Crippen MR) is 71.2 cm³/mol. The van der Waals surface area contributed by atoms with Gasteiger partial charge in [-0.1, -0.05) is 13.3 Å². The zero-order valence-corrected chi connectivity index (χ0v) is 11.9. The van der Waals surface area contributed by atoms with Gasteiger partial charge in [0.15, 0.2) is 0 Å². The van der Waals surface area contributed by atoms with E-state index < -0.39 is 0 Å². The highest BCUT2D eigenvalue weighted by Crippen LogP contribution is 2.09. The minimum atomic E-state index is 0.667. The monoisotopic (exact) mass is 216 g/mol. The molecule has 0 spiro atoms. The van der Waals surface area contributed by atoms with Gasteiger partial charge in [-0.15, -0.1) is 0 Å². The molecule has 0 saturated heterocycles. The molecule has 0 aliphatic rings. The fourth-order valence-electron chi connectivity index (χ4n) is 1.99. The van der Waals surface area contributed by atoms with Gasteiger partial charge in [-0.2, -0.15) is 0 Å². The summed E-state index contributed by atoms with van der Waals surface area (Å²) >= 11 is 0. The molecule has 15 heavy (non-hydrogen) atoms. The van der Waals surface area contributed by atoms with Crippen LogP contribution in [0.3, 0.4) is 0 Å². The van der Waals surface area contributed by atoms with Crippen LogP contribution in [0.25, 0.3) is 0 Å². The lowest BCUT2D eigenvalue weighted by Gasteiger charge is -2.34. The Balaban J connectivity index is 0. The van der Waals surface area contributed by atoms with Crippen molar-refractivity contribution in [2.24, 2.45) is 5.73 Å². The van der Waals surface area contributed by atoms with E-state index in [4.69, 9.17) is 5.73 Å². The van der Waals surface area contributed by atoms with E-state index in [1.807, 2.05) is 0 Å². The van der Waals surface area contributed by atoms with E-state index >= 15 is 0 Å². The molecule has 0 atom stereocenters. The van der Waals surface area contributed by atoms with Gasteiger partial charge < -0.3 is 5.73 Å². The van der Waals surface area contributed by atoms with E-state index in [1.165, 1.54) is 12.8 Å². The molecule has 0 aromatic rings. The molecule has 0 aliphatic heterocycles. The first-order valence-corrected chi connectivity index (χ1v) is 6.35. The molecule has 94 valence electrons. The quantitative estimate of drug-likeness (QED) is 0.764. The summed E-state index contributed by atoms with van der Waals surface area (Å²) < 4.78 is 0. The molecule has 0 saturated carbocycles. The van der Waals surface area contributed by atoms with Crippen LogP contribution in [0, 0.1) is 0 Å². The maximum Gasteiger partial charge on any atom is 0.00439 e. The maximum absolute atomic E-state index is 5.14. The lowest BCUT2D eigenvalue weighted by Crippen LogP contribution is -2.42. The fourth-order valence-corrected chi connectivity index (χ4v) is 1.99. The Bertz CT molecular complexity index is 98.7. The second-order valence-electron chi connectivity index (χ2n) is 4.87. The second-order valence-corrected chi connectivity index (χ2v) is 4.87. The van der Waals surface area contributed by atoms with Gasteiger partial charge in [-0.3, -0.25) is 4.90 Å². The van der Waals surface area contributed by atoms with E-state index in [0.29, 0.717) is 18.1 Å². The molecule has 2 N–H and O–H groups in total. The van der Waals surface area contributed by atoms with Crippen LogP contribution in [0.2, 0.25) is 0 Å². The number of nitrogens with zero attached hydrogens (tertiary/aromatic N) is 1. The normalized spacial score (nSPS) is 11.2. The van der Waals surface area contributed by atoms with Crippen molar-refractivity contribution in [1.29, 1.82) is 0 Å². The summed E-state index contributed by atoms with van der Waals surface area (Å²) in [5.41, 5.74) is 5.14. The van der Waals surface area contributed by atoms with E-state index in [0.717, 1.165) is 6.54 Å². The smallest absolute Gasteiger partial charge is 0.00439 e. The first kappa shape index (κ1) is 17.3. The van der Waals surface area contributed by atoms with Crippen LogP contribution >= 0.6 is 0 Å². The molecule has 0 unspecified atom stereocenters. The summed E-state index contributed by atoms with van der Waals surface area (Å²) in [6, 6.07) is 2.00. The highest BCUT2D eigenvalue weighted by molar-refractivity contribution is 4.70. The highest BCUT2D eigenvalue weighted by atomic mass is 15.2. The van der Waals surface area contributed by atoms with Crippen LogP contribution < -0.4 is 5.73 Å². The van der Waals surface area contributed by atoms with Crippen molar-refractivity contribution >= 4 is 0 Å². The first-order valence-electron chi connectivity index (χ1n) is 6.35. The third-order valence-corrected chi connectivity index (χ3v) is 2.35. The second kappa shape index (κ2) is 10.4. The summed E-state index contributed by atoms with van der Waals surface area (Å²) in [7, 11) is 0. The van der Waals surface area contributed by atoms with Crippen molar-refractivity contribution < 1.29 is 0 Å². The Morgan fingerprint density at radius 1 is 0.867 bits per heavy atom. The highest BCUT2D eigenvalue weighted by Gasteiger charge is 2.15. The first-order chi connectivity index (χ1) is 6.88. The summed E-state index contributed by atoms with van der Waals surface area (Å²) in [5, 5.41) is 0. The lowest BCUT2D eigenvalue weighted by molar-refractivity contribution is 0.133. The van der Waals surface area contributed by atoms with Crippen molar-refractivity contribution in [2.75, 3.05) is 6.54 Å². The number of hydrogen-bond donors (Lipinski definition) is 1. The Morgan fingerprint density at radius 3 is 1.20 bits per heavy atom. The van der Waals surface area contributed by atoms with E-state index in [9.17, 15) is 0 Å². The van der Waals surface area contributed by atoms with Crippen molar-refractivity contribution in [2.45, 2.75) is 79.4 Å². The minimum Gasteiger partial charge on any atom is -0.330 e. The fraction of sp³-hybridized carbons (Fsp3) is 1.00. The van der Waals surface area contributed by atoms with Gasteiger partial charge in [0, 0.05) is 18.1 Å². The zero-order valence-electron chi connectivity index (χ0n) is 11.9. The molecule has 0 rings (SSSR count). The van der Waals surface area contributed by atoms with E-state index in [-0.39, 0.29) is 0 Å². The average Bonchev–Trinajstić information content (AvgIpc) is 2.03. The van der Waals surface area contributed by atoms with E-state index in [1.54, 1.807) is 0 Å². The van der Waals surface area contributed by atoms with Gasteiger partial charge in [-0.25, -0.2) is 0 Å². The van der Waals surface area contributed by atoms with Gasteiger partial charge in [0.1, 0.15) is 0 Å². The largest absolute Gasteiger partial charge is 0.330 e. The van der Waals surface area contributed by atoms with E-state index in [2.05, 4.69) is 53.4 Å². The molecular formula is C13H32N2. The van der Waals surface area contributed by atoms with Crippen LogP contribution in [0.5, 0.6) is 0 Å². The molecule has 2 heteroatoms. The van der Waals surface area contributed by atoms with Crippen molar-refractivity contribution in [3.8, 4) is 0 Å². The molecule has 0 aromatic carbocycles. The van der Waals surface area contributed by atoms with Crippen molar-refractivity contribution in [1.82, 2.24) is 4.90 Å². The predicted octanol–water partition coefficient (Wildman–Crippen LogP) is 3.26. The van der Waals surface area contributed by atoms with Crippen LogP contribution in [0.4, 0.5) is 0 Å². The topological polar surface area (TPSA) is 29.3 Å². The zero-order chi connectivity index (χ0) is 12.4. The minimum absolute atomic E-state index is 0.667. The number of rotatable bonds is 5. The standard InChI is InChI=1S/C9H21N.C4H11N/c1-7(2)10(8(3)4)9(5)6;1-2-3-4-5/h7-9H,1-6H3;2-5H2,1H3.